The molecule has 1 heterocycles. The number of sulfonamides is 1. The molecule has 0 unspecified atom stereocenters. The van der Waals surface area contributed by atoms with E-state index in [-0.39, 0.29) is 10.8 Å². The van der Waals surface area contributed by atoms with Gasteiger partial charge in [0.05, 0.1) is 4.90 Å². The third kappa shape index (κ3) is 4.79. The zero-order valence-electron chi connectivity index (χ0n) is 14.1. The smallest absolute Gasteiger partial charge is 0.248 e. The lowest BCUT2D eigenvalue weighted by atomic mass is 10.0. The van der Waals surface area contributed by atoms with Gasteiger partial charge in [0, 0.05) is 24.9 Å². The second-order valence-electron chi connectivity index (χ2n) is 5.99. The molecular formula is C18H24N2O3S. The number of hydrogen-bond acceptors (Lipinski definition) is 3. The molecule has 0 aromatic heterocycles. The number of hydrogen-bond donors (Lipinski definition) is 1. The highest BCUT2D eigenvalue weighted by molar-refractivity contribution is 7.89. The molecule has 0 radical (unpaired) electrons. The molecule has 2 rings (SSSR count). The van der Waals surface area contributed by atoms with Crippen molar-refractivity contribution in [1.29, 1.82) is 0 Å². The fourth-order valence-electron chi connectivity index (χ4n) is 2.52. The number of carbonyl (C=O) groups is 1. The lowest BCUT2D eigenvalue weighted by Gasteiger charge is -2.29. The van der Waals surface area contributed by atoms with E-state index in [1.54, 1.807) is 40.7 Å². The standard InChI is InChI=1S/C18H24N2O3S/c1-3-4-5-6-18(21)19-16-7-9-17(10-8-16)24(22,23)20-13-11-15(2)12-14-20/h3-10,15H,11-14H2,1-2H3,(H,19,21)/b4-3+,6-5+. The minimum Gasteiger partial charge on any atom is -0.323 e. The van der Waals surface area contributed by atoms with Crippen LogP contribution in [0.4, 0.5) is 5.69 Å². The molecule has 1 fully saturated rings. The van der Waals surface area contributed by atoms with Gasteiger partial charge in [-0.15, -0.1) is 0 Å². The number of nitrogens with zero attached hydrogens (tertiary/aromatic N) is 1. The van der Waals surface area contributed by atoms with Crippen molar-refractivity contribution in [2.24, 2.45) is 5.92 Å². The minimum atomic E-state index is -3.45. The number of amides is 1. The van der Waals surface area contributed by atoms with E-state index in [0.717, 1.165) is 12.8 Å². The predicted octanol–water partition coefficient (Wildman–Crippen LogP) is 3.18. The van der Waals surface area contributed by atoms with Gasteiger partial charge in [0.1, 0.15) is 0 Å². The van der Waals surface area contributed by atoms with Crippen molar-refractivity contribution in [3.8, 4) is 0 Å². The van der Waals surface area contributed by atoms with Crippen LogP contribution >= 0.6 is 0 Å². The molecule has 5 nitrogen and oxygen atoms in total. The third-order valence-corrected chi connectivity index (χ3v) is 5.97. The van der Waals surface area contributed by atoms with E-state index in [4.69, 9.17) is 0 Å². The summed E-state index contributed by atoms with van der Waals surface area (Å²) in [6, 6.07) is 6.30. The van der Waals surface area contributed by atoms with Gasteiger partial charge in [0.25, 0.3) is 0 Å². The van der Waals surface area contributed by atoms with Crippen LogP contribution in [0.2, 0.25) is 0 Å². The van der Waals surface area contributed by atoms with Crippen LogP contribution in [0.5, 0.6) is 0 Å². The van der Waals surface area contributed by atoms with Crippen LogP contribution in [0.15, 0.2) is 53.5 Å². The maximum absolute atomic E-state index is 12.6. The summed E-state index contributed by atoms with van der Waals surface area (Å²) in [6.07, 6.45) is 8.43. The summed E-state index contributed by atoms with van der Waals surface area (Å²) in [4.78, 5) is 12.0. The number of piperidine rings is 1. The van der Waals surface area contributed by atoms with Gasteiger partial charge < -0.3 is 5.32 Å². The monoisotopic (exact) mass is 348 g/mol. The third-order valence-electron chi connectivity index (χ3n) is 4.05. The Labute approximate surface area is 144 Å². The number of anilines is 1. The van der Waals surface area contributed by atoms with Crippen molar-refractivity contribution in [2.75, 3.05) is 18.4 Å². The fourth-order valence-corrected chi connectivity index (χ4v) is 3.99. The molecule has 0 bridgehead atoms. The van der Waals surface area contributed by atoms with Crippen LogP contribution in [-0.4, -0.2) is 31.7 Å². The van der Waals surface area contributed by atoms with Crippen molar-refractivity contribution >= 4 is 21.6 Å². The van der Waals surface area contributed by atoms with Crippen LogP contribution in [0.25, 0.3) is 0 Å². The van der Waals surface area contributed by atoms with Gasteiger partial charge in [-0.3, -0.25) is 4.79 Å². The van der Waals surface area contributed by atoms with E-state index in [2.05, 4.69) is 12.2 Å². The summed E-state index contributed by atoms with van der Waals surface area (Å²) < 4.78 is 26.8. The first-order chi connectivity index (χ1) is 11.4. The van der Waals surface area contributed by atoms with E-state index in [1.807, 2.05) is 13.0 Å². The summed E-state index contributed by atoms with van der Waals surface area (Å²) >= 11 is 0. The highest BCUT2D eigenvalue weighted by Crippen LogP contribution is 2.24. The van der Waals surface area contributed by atoms with Crippen LogP contribution in [-0.2, 0) is 14.8 Å². The Morgan fingerprint density at radius 3 is 2.38 bits per heavy atom. The average molecular weight is 348 g/mol. The molecule has 1 aliphatic rings. The quantitative estimate of drug-likeness (QED) is 0.656. The van der Waals surface area contributed by atoms with Crippen LogP contribution in [0, 0.1) is 5.92 Å². The lowest BCUT2D eigenvalue weighted by Crippen LogP contribution is -2.37. The topological polar surface area (TPSA) is 66.5 Å². The van der Waals surface area contributed by atoms with Gasteiger partial charge >= 0.3 is 0 Å². The van der Waals surface area contributed by atoms with Crippen molar-refractivity contribution in [1.82, 2.24) is 4.31 Å². The summed E-state index contributed by atoms with van der Waals surface area (Å²) in [5.74, 6) is 0.318. The molecule has 130 valence electrons. The van der Waals surface area contributed by atoms with Gasteiger partial charge in [-0.2, -0.15) is 4.31 Å². The SMILES string of the molecule is C/C=C/C=C/C(=O)Nc1ccc(S(=O)(=O)N2CCC(C)CC2)cc1. The average Bonchev–Trinajstić information content (AvgIpc) is 2.56. The van der Waals surface area contributed by atoms with E-state index < -0.39 is 10.0 Å². The first-order valence-corrected chi connectivity index (χ1v) is 9.58. The maximum atomic E-state index is 12.6. The van der Waals surface area contributed by atoms with Crippen molar-refractivity contribution in [3.63, 3.8) is 0 Å². The Morgan fingerprint density at radius 1 is 1.17 bits per heavy atom. The minimum absolute atomic E-state index is 0.256. The van der Waals surface area contributed by atoms with Gasteiger partial charge in [-0.05, 0) is 49.9 Å². The van der Waals surface area contributed by atoms with Gasteiger partial charge in [-0.25, -0.2) is 8.42 Å². The van der Waals surface area contributed by atoms with Gasteiger partial charge in [0.15, 0.2) is 0 Å². The molecule has 0 spiro atoms. The van der Waals surface area contributed by atoms with E-state index in [9.17, 15) is 13.2 Å². The second-order valence-corrected chi connectivity index (χ2v) is 7.92. The number of nitrogens with one attached hydrogen (secondary N) is 1. The second kappa shape index (κ2) is 8.26. The molecule has 0 saturated carbocycles. The summed E-state index contributed by atoms with van der Waals surface area (Å²) in [5, 5.41) is 2.70. The summed E-state index contributed by atoms with van der Waals surface area (Å²) in [6.45, 7) is 5.14. The first-order valence-electron chi connectivity index (χ1n) is 8.14. The Morgan fingerprint density at radius 2 is 1.79 bits per heavy atom. The fraction of sp³-hybridized carbons (Fsp3) is 0.389. The van der Waals surface area contributed by atoms with Crippen molar-refractivity contribution < 1.29 is 13.2 Å². The Balaban J connectivity index is 2.04. The van der Waals surface area contributed by atoms with E-state index in [0.29, 0.717) is 24.7 Å². The summed E-state index contributed by atoms with van der Waals surface area (Å²) in [5.41, 5.74) is 0.566. The largest absolute Gasteiger partial charge is 0.323 e. The highest BCUT2D eigenvalue weighted by Gasteiger charge is 2.27. The number of allylic oxidation sites excluding steroid dienone is 3. The molecule has 1 aliphatic heterocycles. The van der Waals surface area contributed by atoms with Crippen molar-refractivity contribution in [2.45, 2.75) is 31.6 Å². The molecule has 6 heteroatoms. The normalized spacial score (nSPS) is 17.6. The van der Waals surface area contributed by atoms with Crippen LogP contribution < -0.4 is 5.32 Å². The Hall–Kier alpha value is -1.92. The molecule has 0 atom stereocenters. The molecule has 1 saturated heterocycles. The predicted molar refractivity (Wildman–Crippen MR) is 96.2 cm³/mol. The van der Waals surface area contributed by atoms with Crippen LogP contribution in [0.1, 0.15) is 26.7 Å². The van der Waals surface area contributed by atoms with Gasteiger partial charge in [-0.1, -0.05) is 25.2 Å². The maximum Gasteiger partial charge on any atom is 0.248 e. The zero-order valence-corrected chi connectivity index (χ0v) is 14.9. The zero-order chi connectivity index (χ0) is 17.6. The number of rotatable bonds is 5. The Bertz CT molecular complexity index is 713. The van der Waals surface area contributed by atoms with Crippen molar-refractivity contribution in [3.05, 3.63) is 48.6 Å². The lowest BCUT2D eigenvalue weighted by molar-refractivity contribution is -0.111. The Kier molecular flexibility index (Phi) is 6.34. The summed E-state index contributed by atoms with van der Waals surface area (Å²) in [7, 11) is -3.45. The van der Waals surface area contributed by atoms with Crippen LogP contribution in [0.3, 0.4) is 0 Å². The molecule has 1 amide bonds. The number of carbonyl (C=O) groups excluding carboxylic acids is 1. The molecule has 0 aliphatic carbocycles. The number of benzene rings is 1. The molecule has 1 aromatic carbocycles. The molecule has 24 heavy (non-hydrogen) atoms. The molecule has 1 N–H and O–H groups in total. The van der Waals surface area contributed by atoms with Gasteiger partial charge in [0.2, 0.25) is 15.9 Å². The first kappa shape index (κ1) is 18.4. The molecule has 1 aromatic rings. The highest BCUT2D eigenvalue weighted by atomic mass is 32.2. The van der Waals surface area contributed by atoms with E-state index in [1.165, 1.54) is 6.08 Å². The molecular weight excluding hydrogens is 324 g/mol. The van der Waals surface area contributed by atoms with E-state index >= 15 is 0 Å².